The average molecular weight is 323 g/mol. The lowest BCUT2D eigenvalue weighted by Gasteiger charge is -2.15. The summed E-state index contributed by atoms with van der Waals surface area (Å²) in [5.74, 6) is 2.03. The van der Waals surface area contributed by atoms with E-state index in [0.717, 1.165) is 31.9 Å². The van der Waals surface area contributed by atoms with Crippen LogP contribution >= 0.6 is 12.4 Å². The summed E-state index contributed by atoms with van der Waals surface area (Å²) in [5, 5.41) is 4.07. The maximum atomic E-state index is 5.97. The van der Waals surface area contributed by atoms with Crippen molar-refractivity contribution in [2.45, 2.75) is 32.4 Å². The van der Waals surface area contributed by atoms with Gasteiger partial charge in [0.25, 0.3) is 0 Å². The Bertz CT molecular complexity index is 573. The molecule has 0 saturated carbocycles. The second-order valence-electron chi connectivity index (χ2n) is 5.91. The maximum absolute atomic E-state index is 5.97. The number of benzene rings is 1. The number of aromatic nitrogens is 2. The normalized spacial score (nSPS) is 19.8. The number of rotatable bonds is 5. The average Bonchev–Trinajstić information content (AvgIpc) is 3.10. The summed E-state index contributed by atoms with van der Waals surface area (Å²) in [6.45, 7) is 4.89. The smallest absolute Gasteiger partial charge is 0.240 e. The third kappa shape index (κ3) is 4.29. The zero-order valence-corrected chi connectivity index (χ0v) is 13.6. The fourth-order valence-electron chi connectivity index (χ4n) is 2.83. The Hall–Kier alpha value is -1.43. The van der Waals surface area contributed by atoms with Crippen LogP contribution in [0.1, 0.15) is 30.6 Å². The van der Waals surface area contributed by atoms with Crippen molar-refractivity contribution in [3.63, 3.8) is 0 Å². The second kappa shape index (κ2) is 7.72. The molecule has 1 aromatic carbocycles. The van der Waals surface area contributed by atoms with Crippen LogP contribution in [0.4, 0.5) is 0 Å². The van der Waals surface area contributed by atoms with E-state index in [1.54, 1.807) is 0 Å². The molecule has 2 aromatic rings. The fourth-order valence-corrected chi connectivity index (χ4v) is 2.83. The Labute approximate surface area is 137 Å². The fraction of sp³-hybridized carbons (Fsp3) is 0.500. The highest BCUT2D eigenvalue weighted by Gasteiger charge is 2.26. The van der Waals surface area contributed by atoms with E-state index in [1.165, 1.54) is 5.56 Å². The molecule has 2 heterocycles. The molecular weight excluding hydrogens is 300 g/mol. The van der Waals surface area contributed by atoms with Gasteiger partial charge in [-0.15, -0.1) is 12.4 Å². The molecule has 1 fully saturated rings. The van der Waals surface area contributed by atoms with Crippen LogP contribution in [0.2, 0.25) is 0 Å². The monoisotopic (exact) mass is 322 g/mol. The van der Waals surface area contributed by atoms with Gasteiger partial charge >= 0.3 is 0 Å². The van der Waals surface area contributed by atoms with E-state index < -0.39 is 0 Å². The van der Waals surface area contributed by atoms with Crippen molar-refractivity contribution in [2.75, 3.05) is 13.1 Å². The van der Waals surface area contributed by atoms with Crippen molar-refractivity contribution in [3.05, 3.63) is 47.6 Å². The molecular formula is C16H23ClN4O. The van der Waals surface area contributed by atoms with E-state index in [4.69, 9.17) is 10.3 Å². The number of halogens is 1. The Morgan fingerprint density at radius 1 is 1.36 bits per heavy atom. The lowest BCUT2D eigenvalue weighted by atomic mass is 10.0. The molecule has 1 saturated heterocycles. The van der Waals surface area contributed by atoms with Gasteiger partial charge in [-0.1, -0.05) is 35.5 Å². The second-order valence-corrected chi connectivity index (χ2v) is 5.91. The Kier molecular flexibility index (Phi) is 5.94. The minimum atomic E-state index is 0. The lowest BCUT2D eigenvalue weighted by Crippen LogP contribution is -2.29. The summed E-state index contributed by atoms with van der Waals surface area (Å²) in [6.07, 6.45) is 1.87. The number of nitrogens with zero attached hydrogens (tertiary/aromatic N) is 3. The number of hydrogen-bond donors (Lipinski definition) is 1. The quantitative estimate of drug-likeness (QED) is 0.914. The van der Waals surface area contributed by atoms with Crippen LogP contribution in [0.15, 0.2) is 34.9 Å². The van der Waals surface area contributed by atoms with E-state index >= 15 is 0 Å². The first-order valence-electron chi connectivity index (χ1n) is 7.54. The number of hydrogen-bond acceptors (Lipinski definition) is 5. The molecule has 3 rings (SSSR count). The molecule has 1 aliphatic rings. The molecule has 6 heteroatoms. The van der Waals surface area contributed by atoms with Gasteiger partial charge in [-0.05, 0) is 31.4 Å². The molecule has 5 nitrogen and oxygen atoms in total. The molecule has 22 heavy (non-hydrogen) atoms. The summed E-state index contributed by atoms with van der Waals surface area (Å²) >= 11 is 0. The first-order chi connectivity index (χ1) is 10.2. The zero-order chi connectivity index (χ0) is 14.7. The standard InChI is InChI=1S/C16H22N4O.ClH/c1-12(17)14-7-8-20(10-14)11-16-18-15(19-21-16)9-13-5-3-2-4-6-13;/h2-6,12,14H,7-11,17H2,1H3;1H. The van der Waals surface area contributed by atoms with E-state index in [0.29, 0.717) is 18.2 Å². The first-order valence-corrected chi connectivity index (χ1v) is 7.54. The predicted octanol–water partition coefficient (Wildman–Crippen LogP) is 2.25. The summed E-state index contributed by atoms with van der Waals surface area (Å²) in [6, 6.07) is 10.5. The summed E-state index contributed by atoms with van der Waals surface area (Å²) in [7, 11) is 0. The molecule has 0 radical (unpaired) electrons. The molecule has 0 spiro atoms. The van der Waals surface area contributed by atoms with Crippen LogP contribution < -0.4 is 5.73 Å². The number of nitrogens with two attached hydrogens (primary N) is 1. The molecule has 0 aliphatic carbocycles. The Balaban J connectivity index is 0.00000176. The molecule has 0 amide bonds. The van der Waals surface area contributed by atoms with Gasteiger partial charge in [0.2, 0.25) is 5.89 Å². The van der Waals surface area contributed by atoms with Gasteiger partial charge in [-0.25, -0.2) is 0 Å². The van der Waals surface area contributed by atoms with E-state index in [1.807, 2.05) is 18.2 Å². The van der Waals surface area contributed by atoms with E-state index in [-0.39, 0.29) is 18.4 Å². The molecule has 2 N–H and O–H groups in total. The molecule has 120 valence electrons. The topological polar surface area (TPSA) is 68.2 Å². The predicted molar refractivity (Wildman–Crippen MR) is 87.8 cm³/mol. The van der Waals surface area contributed by atoms with Gasteiger partial charge < -0.3 is 10.3 Å². The van der Waals surface area contributed by atoms with Crippen molar-refractivity contribution in [1.82, 2.24) is 15.0 Å². The summed E-state index contributed by atoms with van der Waals surface area (Å²) in [4.78, 5) is 6.83. The van der Waals surface area contributed by atoms with Crippen molar-refractivity contribution >= 4 is 12.4 Å². The zero-order valence-electron chi connectivity index (χ0n) is 12.8. The number of likely N-dealkylation sites (tertiary alicyclic amines) is 1. The molecule has 2 unspecified atom stereocenters. The highest BCUT2D eigenvalue weighted by Crippen LogP contribution is 2.20. The summed E-state index contributed by atoms with van der Waals surface area (Å²) in [5.41, 5.74) is 7.16. The van der Waals surface area contributed by atoms with Gasteiger partial charge in [0.05, 0.1) is 6.54 Å². The third-order valence-corrected chi connectivity index (χ3v) is 4.13. The highest BCUT2D eigenvalue weighted by atomic mass is 35.5. The van der Waals surface area contributed by atoms with Gasteiger partial charge in [-0.3, -0.25) is 4.90 Å². The molecule has 1 aromatic heterocycles. The van der Waals surface area contributed by atoms with Crippen LogP contribution in [-0.4, -0.2) is 34.2 Å². The molecule has 2 atom stereocenters. The van der Waals surface area contributed by atoms with Gasteiger partial charge in [-0.2, -0.15) is 4.98 Å². The SMILES string of the molecule is CC(N)C1CCN(Cc2nc(Cc3ccccc3)no2)C1.Cl. The first kappa shape index (κ1) is 16.9. The minimum absolute atomic E-state index is 0. The Morgan fingerprint density at radius 2 is 2.14 bits per heavy atom. The highest BCUT2D eigenvalue weighted by molar-refractivity contribution is 5.85. The van der Waals surface area contributed by atoms with E-state index in [9.17, 15) is 0 Å². The van der Waals surface area contributed by atoms with Crippen LogP contribution in [-0.2, 0) is 13.0 Å². The van der Waals surface area contributed by atoms with Crippen LogP contribution in [0.5, 0.6) is 0 Å². The van der Waals surface area contributed by atoms with Crippen LogP contribution in [0.25, 0.3) is 0 Å². The van der Waals surface area contributed by atoms with Crippen molar-refractivity contribution in [2.24, 2.45) is 11.7 Å². The van der Waals surface area contributed by atoms with Gasteiger partial charge in [0.15, 0.2) is 5.82 Å². The van der Waals surface area contributed by atoms with Gasteiger partial charge in [0, 0.05) is 19.0 Å². The van der Waals surface area contributed by atoms with Crippen molar-refractivity contribution in [1.29, 1.82) is 0 Å². The van der Waals surface area contributed by atoms with Crippen LogP contribution in [0.3, 0.4) is 0 Å². The van der Waals surface area contributed by atoms with Crippen molar-refractivity contribution < 1.29 is 4.52 Å². The Morgan fingerprint density at radius 3 is 2.82 bits per heavy atom. The van der Waals surface area contributed by atoms with E-state index in [2.05, 4.69) is 34.1 Å². The van der Waals surface area contributed by atoms with Crippen molar-refractivity contribution in [3.8, 4) is 0 Å². The minimum Gasteiger partial charge on any atom is -0.338 e. The van der Waals surface area contributed by atoms with Gasteiger partial charge in [0.1, 0.15) is 0 Å². The summed E-state index contributed by atoms with van der Waals surface area (Å²) < 4.78 is 5.36. The maximum Gasteiger partial charge on any atom is 0.240 e. The lowest BCUT2D eigenvalue weighted by molar-refractivity contribution is 0.256. The van der Waals surface area contributed by atoms with Crippen LogP contribution in [0, 0.1) is 5.92 Å². The molecule has 0 bridgehead atoms. The largest absolute Gasteiger partial charge is 0.338 e. The third-order valence-electron chi connectivity index (χ3n) is 4.13. The molecule has 1 aliphatic heterocycles.